The van der Waals surface area contributed by atoms with Gasteiger partial charge in [-0.1, -0.05) is 11.6 Å². The first-order valence-corrected chi connectivity index (χ1v) is 7.75. The molecule has 0 spiro atoms. The van der Waals surface area contributed by atoms with Crippen molar-refractivity contribution < 1.29 is 23.2 Å². The minimum absolute atomic E-state index is 0.0760. The lowest BCUT2D eigenvalue weighted by atomic mass is 10.2. The fourth-order valence-corrected chi connectivity index (χ4v) is 4.38. The first kappa shape index (κ1) is 15.7. The molecular weight excluding hydrogens is 324 g/mol. The lowest BCUT2D eigenvalue weighted by Crippen LogP contribution is -2.40. The number of non-ortho nitro benzene ring substituents is 1. The lowest BCUT2D eigenvalue weighted by Gasteiger charge is -2.21. The molecule has 21 heavy (non-hydrogen) atoms. The highest BCUT2D eigenvalue weighted by molar-refractivity contribution is 7.89. The second-order valence-corrected chi connectivity index (χ2v) is 6.75. The predicted octanol–water partition coefficient (Wildman–Crippen LogP) is 1.49. The van der Waals surface area contributed by atoms with Crippen LogP contribution in [-0.2, 0) is 14.8 Å². The summed E-state index contributed by atoms with van der Waals surface area (Å²) >= 11 is 5.81. The van der Waals surface area contributed by atoms with Crippen molar-refractivity contribution in [3.8, 4) is 0 Å². The van der Waals surface area contributed by atoms with Crippen molar-refractivity contribution in [1.82, 2.24) is 4.31 Å². The van der Waals surface area contributed by atoms with Gasteiger partial charge in [-0.25, -0.2) is 8.42 Å². The number of benzene rings is 1. The number of nitro benzene ring substituents is 1. The molecule has 1 saturated heterocycles. The van der Waals surface area contributed by atoms with E-state index >= 15 is 0 Å². The van der Waals surface area contributed by atoms with Crippen LogP contribution in [0.5, 0.6) is 0 Å². The normalized spacial score (nSPS) is 19.6. The monoisotopic (exact) mass is 334 g/mol. The van der Waals surface area contributed by atoms with E-state index < -0.39 is 27.0 Å². The van der Waals surface area contributed by atoms with Crippen LogP contribution in [0.4, 0.5) is 5.69 Å². The van der Waals surface area contributed by atoms with Gasteiger partial charge in [-0.15, -0.1) is 0 Å². The molecule has 1 aromatic carbocycles. The average Bonchev–Trinajstić information content (AvgIpc) is 2.88. The molecule has 1 heterocycles. The fraction of sp³-hybridized carbons (Fsp3) is 0.364. The molecule has 0 unspecified atom stereocenters. The van der Waals surface area contributed by atoms with Gasteiger partial charge in [-0.05, 0) is 18.9 Å². The molecule has 1 aliphatic heterocycles. The Balaban J connectivity index is 2.45. The third kappa shape index (κ3) is 2.85. The van der Waals surface area contributed by atoms with E-state index in [1.165, 1.54) is 0 Å². The van der Waals surface area contributed by atoms with Gasteiger partial charge < -0.3 is 5.11 Å². The molecule has 0 radical (unpaired) electrons. The summed E-state index contributed by atoms with van der Waals surface area (Å²) in [5.41, 5.74) is -0.338. The maximum Gasteiger partial charge on any atom is 0.322 e. The van der Waals surface area contributed by atoms with Gasteiger partial charge in [0.25, 0.3) is 5.69 Å². The van der Waals surface area contributed by atoms with Crippen LogP contribution in [-0.4, -0.2) is 41.3 Å². The minimum Gasteiger partial charge on any atom is -0.480 e. The van der Waals surface area contributed by atoms with Crippen molar-refractivity contribution in [2.24, 2.45) is 0 Å². The van der Waals surface area contributed by atoms with E-state index in [1.807, 2.05) is 0 Å². The second-order valence-electron chi connectivity index (χ2n) is 4.48. The van der Waals surface area contributed by atoms with Crippen molar-refractivity contribution >= 4 is 33.3 Å². The standard InChI is InChI=1S/C11H11ClN2O6S/c12-8-6-7(14(17)18)3-4-10(8)21(19,20)13-5-1-2-9(13)11(15)16/h3-4,6,9H,1-2,5H2,(H,15,16)/t9-/m1/s1. The molecule has 0 aliphatic carbocycles. The summed E-state index contributed by atoms with van der Waals surface area (Å²) in [6.45, 7) is 0.0760. The second kappa shape index (κ2) is 5.58. The van der Waals surface area contributed by atoms with Gasteiger partial charge >= 0.3 is 5.97 Å². The number of sulfonamides is 1. The summed E-state index contributed by atoms with van der Waals surface area (Å²) in [5.74, 6) is -1.23. The summed E-state index contributed by atoms with van der Waals surface area (Å²) in [5, 5.41) is 19.4. The third-order valence-corrected chi connectivity index (χ3v) is 5.59. The van der Waals surface area contributed by atoms with Crippen LogP contribution in [0.2, 0.25) is 5.02 Å². The zero-order chi connectivity index (χ0) is 15.8. The Hall–Kier alpha value is -1.71. The number of nitro groups is 1. The van der Waals surface area contributed by atoms with Crippen molar-refractivity contribution in [2.45, 2.75) is 23.8 Å². The molecule has 1 aliphatic rings. The van der Waals surface area contributed by atoms with Crippen LogP contribution in [0.15, 0.2) is 23.1 Å². The number of hydrogen-bond donors (Lipinski definition) is 1. The van der Waals surface area contributed by atoms with Crippen molar-refractivity contribution in [2.75, 3.05) is 6.54 Å². The average molecular weight is 335 g/mol. The van der Waals surface area contributed by atoms with Crippen molar-refractivity contribution in [3.63, 3.8) is 0 Å². The number of carboxylic acids is 1. The number of halogens is 1. The van der Waals surface area contributed by atoms with Gasteiger partial charge in [0.15, 0.2) is 0 Å². The third-order valence-electron chi connectivity index (χ3n) is 3.20. The van der Waals surface area contributed by atoms with Crippen molar-refractivity contribution in [3.05, 3.63) is 33.3 Å². The smallest absolute Gasteiger partial charge is 0.322 e. The van der Waals surface area contributed by atoms with Gasteiger partial charge in [0.05, 0.1) is 9.95 Å². The molecule has 0 bridgehead atoms. The van der Waals surface area contributed by atoms with E-state index in [2.05, 4.69) is 0 Å². The van der Waals surface area contributed by atoms with E-state index in [0.717, 1.165) is 22.5 Å². The highest BCUT2D eigenvalue weighted by Gasteiger charge is 2.40. The molecule has 1 N–H and O–H groups in total. The Bertz CT molecular complexity index is 705. The van der Waals surface area contributed by atoms with Crippen LogP contribution in [0.3, 0.4) is 0 Å². The highest BCUT2D eigenvalue weighted by atomic mass is 35.5. The largest absolute Gasteiger partial charge is 0.480 e. The van der Waals surface area contributed by atoms with E-state index in [-0.39, 0.29) is 28.6 Å². The number of carbonyl (C=O) groups is 1. The summed E-state index contributed by atoms with van der Waals surface area (Å²) in [6, 6.07) is 1.83. The summed E-state index contributed by atoms with van der Waals surface area (Å²) in [6.07, 6.45) is 0.653. The van der Waals surface area contributed by atoms with Crippen LogP contribution in [0.1, 0.15) is 12.8 Å². The quantitative estimate of drug-likeness (QED) is 0.658. The predicted molar refractivity (Wildman–Crippen MR) is 72.7 cm³/mol. The molecule has 10 heteroatoms. The van der Waals surface area contributed by atoms with Crippen LogP contribution >= 0.6 is 11.6 Å². The minimum atomic E-state index is -4.11. The zero-order valence-electron chi connectivity index (χ0n) is 10.6. The lowest BCUT2D eigenvalue weighted by molar-refractivity contribution is -0.384. The maximum absolute atomic E-state index is 12.5. The Labute approximate surface area is 125 Å². The fourth-order valence-electron chi connectivity index (χ4n) is 2.21. The summed E-state index contributed by atoms with van der Waals surface area (Å²) in [4.78, 5) is 20.7. The molecule has 0 amide bonds. The highest BCUT2D eigenvalue weighted by Crippen LogP contribution is 2.32. The number of aliphatic carboxylic acids is 1. The molecule has 8 nitrogen and oxygen atoms in total. The van der Waals surface area contributed by atoms with E-state index in [1.54, 1.807) is 0 Å². The van der Waals surface area contributed by atoms with Gasteiger partial charge in [0, 0.05) is 18.7 Å². The van der Waals surface area contributed by atoms with Crippen LogP contribution < -0.4 is 0 Å². The molecule has 1 aromatic rings. The Morgan fingerprint density at radius 1 is 1.48 bits per heavy atom. The Morgan fingerprint density at radius 3 is 2.67 bits per heavy atom. The van der Waals surface area contributed by atoms with Gasteiger partial charge in [0.1, 0.15) is 10.9 Å². The van der Waals surface area contributed by atoms with E-state index in [4.69, 9.17) is 16.7 Å². The van der Waals surface area contributed by atoms with Crippen LogP contribution in [0.25, 0.3) is 0 Å². The molecule has 1 fully saturated rings. The maximum atomic E-state index is 12.5. The molecule has 114 valence electrons. The van der Waals surface area contributed by atoms with Crippen molar-refractivity contribution in [1.29, 1.82) is 0 Å². The SMILES string of the molecule is O=C(O)[C@H]1CCCN1S(=O)(=O)c1ccc([N+](=O)[O-])cc1Cl. The van der Waals surface area contributed by atoms with Gasteiger partial charge in [-0.2, -0.15) is 4.31 Å². The summed E-state index contributed by atoms with van der Waals surface area (Å²) in [7, 11) is -4.11. The molecule has 0 saturated carbocycles. The zero-order valence-corrected chi connectivity index (χ0v) is 12.2. The van der Waals surface area contributed by atoms with E-state index in [9.17, 15) is 23.3 Å². The molecule has 0 aromatic heterocycles. The topological polar surface area (TPSA) is 118 Å². The Morgan fingerprint density at radius 2 is 2.14 bits per heavy atom. The Kier molecular flexibility index (Phi) is 4.17. The number of rotatable bonds is 4. The summed E-state index contributed by atoms with van der Waals surface area (Å²) < 4.78 is 25.8. The number of nitrogens with zero attached hydrogens (tertiary/aromatic N) is 2. The van der Waals surface area contributed by atoms with Gasteiger partial charge in [0.2, 0.25) is 10.0 Å². The molecule has 2 rings (SSSR count). The first-order chi connectivity index (χ1) is 9.75. The number of carboxylic acid groups (broad SMARTS) is 1. The van der Waals surface area contributed by atoms with Gasteiger partial charge in [-0.3, -0.25) is 14.9 Å². The van der Waals surface area contributed by atoms with Crippen LogP contribution in [0, 0.1) is 10.1 Å². The first-order valence-electron chi connectivity index (χ1n) is 5.93. The molecular formula is C11H11ClN2O6S. The number of hydrogen-bond acceptors (Lipinski definition) is 5. The molecule has 1 atom stereocenters. The van der Waals surface area contributed by atoms with E-state index in [0.29, 0.717) is 6.42 Å².